The van der Waals surface area contributed by atoms with Crippen molar-refractivity contribution in [2.75, 3.05) is 33.3 Å². The summed E-state index contributed by atoms with van der Waals surface area (Å²) in [5, 5.41) is 4.36. The summed E-state index contributed by atoms with van der Waals surface area (Å²) in [5.74, 6) is 1.63. The van der Waals surface area contributed by atoms with E-state index in [0.29, 0.717) is 0 Å². The molecule has 5 nitrogen and oxygen atoms in total. The summed E-state index contributed by atoms with van der Waals surface area (Å²) in [5.41, 5.74) is 0.833. The first kappa shape index (κ1) is 15.9. The minimum absolute atomic E-state index is 0.0557. The van der Waals surface area contributed by atoms with Crippen molar-refractivity contribution < 1.29 is 9.53 Å². The van der Waals surface area contributed by atoms with Gasteiger partial charge < -0.3 is 15.0 Å². The number of nitrogens with zero attached hydrogens (tertiary/aromatic N) is 2. The van der Waals surface area contributed by atoms with Crippen molar-refractivity contribution in [1.82, 2.24) is 15.2 Å². The molecule has 1 aromatic heterocycles. The topological polar surface area (TPSA) is 54.5 Å². The first-order chi connectivity index (χ1) is 10.6. The third-order valence-corrected chi connectivity index (χ3v) is 6.32. The van der Waals surface area contributed by atoms with Crippen molar-refractivity contribution in [2.24, 2.45) is 11.8 Å². The lowest BCUT2D eigenvalue weighted by atomic mass is 9.92. The number of rotatable bonds is 3. The van der Waals surface area contributed by atoms with Crippen molar-refractivity contribution in [3.05, 3.63) is 15.6 Å². The molecule has 2 aliphatic rings. The summed E-state index contributed by atoms with van der Waals surface area (Å²) in [6.07, 6.45) is 2.17. The van der Waals surface area contributed by atoms with Crippen molar-refractivity contribution in [2.45, 2.75) is 32.8 Å². The highest BCUT2D eigenvalue weighted by atomic mass is 32.1. The maximum absolute atomic E-state index is 12.9. The Morgan fingerprint density at radius 1 is 1.36 bits per heavy atom. The molecule has 2 aliphatic heterocycles. The third-order valence-electron chi connectivity index (χ3n) is 5.02. The molecule has 2 fully saturated rings. The van der Waals surface area contributed by atoms with Gasteiger partial charge in [-0.2, -0.15) is 0 Å². The van der Waals surface area contributed by atoms with Gasteiger partial charge in [0.2, 0.25) is 0 Å². The average Bonchev–Trinajstić information content (AvgIpc) is 3.07. The van der Waals surface area contributed by atoms with Crippen LogP contribution in [0.25, 0.3) is 0 Å². The third kappa shape index (κ3) is 3.05. The minimum Gasteiger partial charge on any atom is -0.375 e. The van der Waals surface area contributed by atoms with Crippen LogP contribution in [0.3, 0.4) is 0 Å². The van der Waals surface area contributed by atoms with E-state index in [2.05, 4.69) is 10.3 Å². The fraction of sp³-hybridized carbons (Fsp3) is 0.750. The second-order valence-electron chi connectivity index (χ2n) is 6.39. The molecule has 1 amide bonds. The van der Waals surface area contributed by atoms with E-state index in [0.717, 1.165) is 66.4 Å². The minimum atomic E-state index is -0.0557. The number of hydrogen-bond acceptors (Lipinski definition) is 5. The number of aryl methyl sites for hydroxylation is 1. The fourth-order valence-corrected chi connectivity index (χ4v) is 4.52. The number of hydrogen-bond donors (Lipinski definition) is 1. The summed E-state index contributed by atoms with van der Waals surface area (Å²) in [6, 6.07) is 0. The highest BCUT2D eigenvalue weighted by Crippen LogP contribution is 2.30. The molecule has 3 heterocycles. The van der Waals surface area contributed by atoms with Gasteiger partial charge in [0.15, 0.2) is 0 Å². The van der Waals surface area contributed by atoms with Gasteiger partial charge >= 0.3 is 0 Å². The summed E-state index contributed by atoms with van der Waals surface area (Å²) in [4.78, 5) is 20.2. The Hall–Kier alpha value is -0.980. The number of methoxy groups -OCH3 is 1. The molecule has 3 rings (SSSR count). The fourth-order valence-electron chi connectivity index (χ4n) is 3.46. The number of aromatic nitrogens is 1. The van der Waals surface area contributed by atoms with Gasteiger partial charge in [-0.25, -0.2) is 4.98 Å². The molecule has 6 heteroatoms. The Bertz CT molecular complexity index is 531. The van der Waals surface area contributed by atoms with Crippen LogP contribution in [0.2, 0.25) is 0 Å². The van der Waals surface area contributed by atoms with E-state index in [9.17, 15) is 4.79 Å². The van der Waals surface area contributed by atoms with Crippen LogP contribution in [0.5, 0.6) is 0 Å². The van der Waals surface area contributed by atoms with E-state index in [1.807, 2.05) is 18.7 Å². The van der Waals surface area contributed by atoms with Crippen LogP contribution in [-0.4, -0.2) is 49.1 Å². The van der Waals surface area contributed by atoms with Crippen LogP contribution < -0.4 is 5.32 Å². The Balaban J connectivity index is 1.72. The largest absolute Gasteiger partial charge is 0.375 e. The summed E-state index contributed by atoms with van der Waals surface area (Å²) in [6.45, 7) is 7.85. The Morgan fingerprint density at radius 2 is 2.00 bits per heavy atom. The molecule has 0 radical (unpaired) electrons. The number of ether oxygens (including phenoxy) is 1. The highest BCUT2D eigenvalue weighted by molar-refractivity contribution is 7.13. The summed E-state index contributed by atoms with van der Waals surface area (Å²) >= 11 is 1.48. The average molecular weight is 323 g/mol. The summed E-state index contributed by atoms with van der Waals surface area (Å²) < 4.78 is 5.32. The van der Waals surface area contributed by atoms with E-state index >= 15 is 0 Å². The molecule has 0 spiro atoms. The zero-order valence-electron chi connectivity index (χ0n) is 13.6. The number of thiazole rings is 1. The zero-order chi connectivity index (χ0) is 15.7. The van der Waals surface area contributed by atoms with Gasteiger partial charge in [-0.05, 0) is 51.6 Å². The molecule has 1 unspecified atom stereocenters. The van der Waals surface area contributed by atoms with Crippen molar-refractivity contribution >= 4 is 17.2 Å². The van der Waals surface area contributed by atoms with Crippen molar-refractivity contribution in [3.8, 4) is 0 Å². The van der Waals surface area contributed by atoms with Gasteiger partial charge in [-0.3, -0.25) is 4.79 Å². The van der Waals surface area contributed by atoms with E-state index in [1.165, 1.54) is 11.3 Å². The molecule has 0 saturated carbocycles. The Morgan fingerprint density at radius 3 is 2.59 bits per heavy atom. The molecule has 0 aromatic carbocycles. The van der Waals surface area contributed by atoms with Gasteiger partial charge in [-0.1, -0.05) is 0 Å². The number of amides is 1. The summed E-state index contributed by atoms with van der Waals surface area (Å²) in [7, 11) is 1.67. The van der Waals surface area contributed by atoms with Crippen LogP contribution in [0, 0.1) is 18.8 Å². The van der Waals surface area contributed by atoms with Gasteiger partial charge in [-0.15, -0.1) is 11.3 Å². The molecule has 3 atom stereocenters. The van der Waals surface area contributed by atoms with Gasteiger partial charge in [0.1, 0.15) is 16.0 Å². The number of likely N-dealkylation sites (tertiary alicyclic amines) is 1. The van der Waals surface area contributed by atoms with Crippen LogP contribution in [-0.2, 0) is 4.74 Å². The Labute approximate surface area is 136 Å². The standard InChI is InChI=1S/C16H25N3O2S/c1-10-14(22-15(18-10)11(2)21-3)16(20)19-6-4-12-8-17-9-13(12)5-7-19/h11-13,17H,4-9H2,1-3H3/t11?,12-,13+. The van der Waals surface area contributed by atoms with Crippen LogP contribution in [0.4, 0.5) is 0 Å². The molecule has 22 heavy (non-hydrogen) atoms. The lowest BCUT2D eigenvalue weighted by Crippen LogP contribution is -2.32. The van der Waals surface area contributed by atoms with Gasteiger partial charge in [0.25, 0.3) is 5.91 Å². The molecule has 0 bridgehead atoms. The van der Waals surface area contributed by atoms with Crippen molar-refractivity contribution in [3.63, 3.8) is 0 Å². The monoisotopic (exact) mass is 323 g/mol. The van der Waals surface area contributed by atoms with Crippen LogP contribution in [0.1, 0.15) is 46.2 Å². The lowest BCUT2D eigenvalue weighted by molar-refractivity contribution is 0.0762. The van der Waals surface area contributed by atoms with E-state index in [4.69, 9.17) is 4.74 Å². The van der Waals surface area contributed by atoms with Crippen LogP contribution >= 0.6 is 11.3 Å². The van der Waals surface area contributed by atoms with E-state index in [-0.39, 0.29) is 12.0 Å². The molecule has 2 saturated heterocycles. The quantitative estimate of drug-likeness (QED) is 0.927. The number of fused-ring (bicyclic) bond motifs is 1. The molecule has 0 aliphatic carbocycles. The van der Waals surface area contributed by atoms with Gasteiger partial charge in [0, 0.05) is 20.2 Å². The van der Waals surface area contributed by atoms with E-state index < -0.39 is 0 Å². The predicted molar refractivity (Wildman–Crippen MR) is 87.3 cm³/mol. The highest BCUT2D eigenvalue weighted by Gasteiger charge is 2.32. The number of carbonyl (C=O) groups excluding carboxylic acids is 1. The lowest BCUT2D eigenvalue weighted by Gasteiger charge is -2.20. The SMILES string of the molecule is COC(C)c1nc(C)c(C(=O)N2CC[C@@H]3CNC[C@@H]3CC2)s1. The molecule has 1 N–H and O–H groups in total. The van der Waals surface area contributed by atoms with E-state index in [1.54, 1.807) is 7.11 Å². The van der Waals surface area contributed by atoms with Crippen molar-refractivity contribution in [1.29, 1.82) is 0 Å². The number of carbonyl (C=O) groups is 1. The molecular formula is C16H25N3O2S. The Kier molecular flexibility index (Phi) is 4.80. The maximum Gasteiger partial charge on any atom is 0.265 e. The molecule has 122 valence electrons. The van der Waals surface area contributed by atoms with Crippen LogP contribution in [0.15, 0.2) is 0 Å². The number of nitrogens with one attached hydrogen (secondary N) is 1. The zero-order valence-corrected chi connectivity index (χ0v) is 14.4. The second kappa shape index (κ2) is 6.64. The second-order valence-corrected chi connectivity index (χ2v) is 7.42. The first-order valence-corrected chi connectivity index (χ1v) is 8.92. The normalized spacial score (nSPS) is 26.6. The predicted octanol–water partition coefficient (Wildman–Crippen LogP) is 2.23. The molecular weight excluding hydrogens is 298 g/mol. The molecule has 1 aromatic rings. The first-order valence-electron chi connectivity index (χ1n) is 8.10. The smallest absolute Gasteiger partial charge is 0.265 e. The van der Waals surface area contributed by atoms with Gasteiger partial charge in [0.05, 0.1) is 5.69 Å². The maximum atomic E-state index is 12.9.